The van der Waals surface area contributed by atoms with E-state index in [1.165, 1.54) is 58.3 Å². The first-order chi connectivity index (χ1) is 6.95. The molecule has 14 heavy (non-hydrogen) atoms. The monoisotopic (exact) mass is 194 g/mol. The third-order valence-electron chi connectivity index (χ3n) is 4.49. The van der Waals surface area contributed by atoms with Gasteiger partial charge >= 0.3 is 0 Å². The zero-order valence-electron chi connectivity index (χ0n) is 9.04. The van der Waals surface area contributed by atoms with Gasteiger partial charge in [0, 0.05) is 6.04 Å². The fraction of sp³-hybridized carbons (Fsp3) is 1.00. The average Bonchev–Trinajstić information content (AvgIpc) is 2.69. The van der Waals surface area contributed by atoms with Crippen molar-refractivity contribution in [1.29, 1.82) is 0 Å². The summed E-state index contributed by atoms with van der Waals surface area (Å²) in [6.45, 7) is 5.35. The van der Waals surface area contributed by atoms with Gasteiger partial charge in [-0.25, -0.2) is 0 Å². The van der Waals surface area contributed by atoms with Crippen molar-refractivity contribution in [3.05, 3.63) is 0 Å². The van der Waals surface area contributed by atoms with Gasteiger partial charge in [0.1, 0.15) is 0 Å². The summed E-state index contributed by atoms with van der Waals surface area (Å²) in [7, 11) is 0. The predicted molar refractivity (Wildman–Crippen MR) is 58.3 cm³/mol. The van der Waals surface area contributed by atoms with Gasteiger partial charge in [-0.3, -0.25) is 4.90 Å². The molecular formula is C12H22N2. The molecule has 2 aliphatic heterocycles. The fourth-order valence-electron chi connectivity index (χ4n) is 3.90. The number of nitrogens with zero attached hydrogens (tertiary/aromatic N) is 1. The molecule has 0 aromatic heterocycles. The van der Waals surface area contributed by atoms with Crippen molar-refractivity contribution in [2.75, 3.05) is 26.2 Å². The van der Waals surface area contributed by atoms with Crippen molar-refractivity contribution in [2.24, 2.45) is 11.8 Å². The Labute approximate surface area is 87.0 Å². The van der Waals surface area contributed by atoms with Crippen molar-refractivity contribution in [3.8, 4) is 0 Å². The van der Waals surface area contributed by atoms with Crippen LogP contribution in [0.1, 0.15) is 32.1 Å². The smallest absolute Gasteiger partial charge is 0.0176 e. The Balaban J connectivity index is 1.75. The van der Waals surface area contributed by atoms with Crippen LogP contribution in [0.15, 0.2) is 0 Å². The number of likely N-dealkylation sites (tertiary alicyclic amines) is 1. The van der Waals surface area contributed by atoms with Crippen LogP contribution in [0.25, 0.3) is 0 Å². The lowest BCUT2D eigenvalue weighted by Gasteiger charge is -2.47. The molecule has 2 saturated heterocycles. The SMILES string of the molecule is C1CC2CNCC(C1)C2N1CCCC1. The molecule has 0 aromatic rings. The molecule has 1 saturated carbocycles. The minimum Gasteiger partial charge on any atom is -0.316 e. The van der Waals surface area contributed by atoms with Crippen LogP contribution in [0.3, 0.4) is 0 Å². The molecule has 1 aliphatic carbocycles. The lowest BCUT2D eigenvalue weighted by atomic mass is 9.73. The quantitative estimate of drug-likeness (QED) is 0.680. The number of fused-ring (bicyclic) bond motifs is 2. The molecule has 3 fully saturated rings. The Morgan fingerprint density at radius 1 is 0.857 bits per heavy atom. The van der Waals surface area contributed by atoms with Gasteiger partial charge in [0.25, 0.3) is 0 Å². The summed E-state index contributed by atoms with van der Waals surface area (Å²) in [4.78, 5) is 2.80. The van der Waals surface area contributed by atoms with Crippen molar-refractivity contribution in [3.63, 3.8) is 0 Å². The highest BCUT2D eigenvalue weighted by Crippen LogP contribution is 2.36. The molecule has 1 N–H and O–H groups in total. The first kappa shape index (κ1) is 9.17. The highest BCUT2D eigenvalue weighted by atomic mass is 15.2. The molecule has 2 heteroatoms. The second-order valence-electron chi connectivity index (χ2n) is 5.34. The molecule has 2 unspecified atom stereocenters. The third-order valence-corrected chi connectivity index (χ3v) is 4.49. The van der Waals surface area contributed by atoms with Gasteiger partial charge in [0.05, 0.1) is 0 Å². The van der Waals surface area contributed by atoms with Crippen molar-refractivity contribution in [2.45, 2.75) is 38.1 Å². The number of rotatable bonds is 1. The van der Waals surface area contributed by atoms with Gasteiger partial charge in [-0.1, -0.05) is 6.42 Å². The molecular weight excluding hydrogens is 172 g/mol. The van der Waals surface area contributed by atoms with Gasteiger partial charge in [-0.15, -0.1) is 0 Å². The zero-order valence-corrected chi connectivity index (χ0v) is 9.04. The van der Waals surface area contributed by atoms with Crippen molar-refractivity contribution in [1.82, 2.24) is 10.2 Å². The number of hydrogen-bond donors (Lipinski definition) is 1. The first-order valence-electron chi connectivity index (χ1n) is 6.40. The van der Waals surface area contributed by atoms with E-state index in [-0.39, 0.29) is 0 Å². The molecule has 3 aliphatic rings. The molecule has 2 heterocycles. The van der Waals surface area contributed by atoms with Crippen LogP contribution < -0.4 is 5.32 Å². The zero-order chi connectivity index (χ0) is 9.38. The average molecular weight is 194 g/mol. The van der Waals surface area contributed by atoms with E-state index in [1.807, 2.05) is 0 Å². The standard InChI is InChI=1S/C12H22N2/c1-2-7-14(6-1)12-10-4-3-5-11(12)9-13-8-10/h10-13H,1-9H2. The molecule has 80 valence electrons. The molecule has 2 bridgehead atoms. The van der Waals surface area contributed by atoms with E-state index < -0.39 is 0 Å². The Morgan fingerprint density at radius 3 is 2.14 bits per heavy atom. The summed E-state index contributed by atoms with van der Waals surface area (Å²) in [6, 6.07) is 0.951. The molecule has 2 atom stereocenters. The van der Waals surface area contributed by atoms with Crippen LogP contribution >= 0.6 is 0 Å². The van der Waals surface area contributed by atoms with Crippen molar-refractivity contribution < 1.29 is 0 Å². The lowest BCUT2D eigenvalue weighted by molar-refractivity contribution is 0.0473. The minimum atomic E-state index is 0.951. The van der Waals surface area contributed by atoms with E-state index in [0.717, 1.165) is 17.9 Å². The number of hydrogen-bond acceptors (Lipinski definition) is 2. The molecule has 2 nitrogen and oxygen atoms in total. The maximum atomic E-state index is 3.61. The summed E-state index contributed by atoms with van der Waals surface area (Å²) in [5.41, 5.74) is 0. The topological polar surface area (TPSA) is 15.3 Å². The lowest BCUT2D eigenvalue weighted by Crippen LogP contribution is -2.56. The third kappa shape index (κ3) is 1.49. The van der Waals surface area contributed by atoms with E-state index in [9.17, 15) is 0 Å². The number of nitrogens with one attached hydrogen (secondary N) is 1. The normalized spacial score (nSPS) is 44.1. The summed E-state index contributed by atoms with van der Waals surface area (Å²) in [6.07, 6.45) is 7.34. The van der Waals surface area contributed by atoms with Gasteiger partial charge in [0.15, 0.2) is 0 Å². The van der Waals surface area contributed by atoms with Gasteiger partial charge in [-0.05, 0) is 63.7 Å². The highest BCUT2D eigenvalue weighted by Gasteiger charge is 2.40. The summed E-state index contributed by atoms with van der Waals surface area (Å²) >= 11 is 0. The maximum absolute atomic E-state index is 3.61. The highest BCUT2D eigenvalue weighted by molar-refractivity contribution is 4.95. The molecule has 0 radical (unpaired) electrons. The summed E-state index contributed by atoms with van der Waals surface area (Å²) < 4.78 is 0. The van der Waals surface area contributed by atoms with Crippen LogP contribution in [0.4, 0.5) is 0 Å². The Morgan fingerprint density at radius 2 is 1.50 bits per heavy atom. The van der Waals surface area contributed by atoms with Crippen LogP contribution in [0.5, 0.6) is 0 Å². The van der Waals surface area contributed by atoms with E-state index in [2.05, 4.69) is 10.2 Å². The molecule has 3 rings (SSSR count). The van der Waals surface area contributed by atoms with Crippen molar-refractivity contribution >= 4 is 0 Å². The summed E-state index contributed by atoms with van der Waals surface area (Å²) in [5.74, 6) is 1.95. The van der Waals surface area contributed by atoms with Crippen LogP contribution in [0, 0.1) is 11.8 Å². The van der Waals surface area contributed by atoms with Crippen LogP contribution in [-0.4, -0.2) is 37.1 Å². The predicted octanol–water partition coefficient (Wildman–Crippen LogP) is 1.47. The van der Waals surface area contributed by atoms with E-state index in [1.54, 1.807) is 0 Å². The second kappa shape index (κ2) is 3.82. The van der Waals surface area contributed by atoms with E-state index in [4.69, 9.17) is 0 Å². The minimum absolute atomic E-state index is 0.951. The van der Waals surface area contributed by atoms with Gasteiger partial charge in [-0.2, -0.15) is 0 Å². The first-order valence-corrected chi connectivity index (χ1v) is 6.40. The van der Waals surface area contributed by atoms with Crippen LogP contribution in [-0.2, 0) is 0 Å². The second-order valence-corrected chi connectivity index (χ2v) is 5.34. The largest absolute Gasteiger partial charge is 0.316 e. The maximum Gasteiger partial charge on any atom is 0.0176 e. The Hall–Kier alpha value is -0.0800. The summed E-state index contributed by atoms with van der Waals surface area (Å²) in [5, 5.41) is 3.61. The van der Waals surface area contributed by atoms with E-state index >= 15 is 0 Å². The molecule has 0 aromatic carbocycles. The van der Waals surface area contributed by atoms with Gasteiger partial charge in [0.2, 0.25) is 0 Å². The Kier molecular flexibility index (Phi) is 2.50. The molecule has 0 spiro atoms. The number of piperidine rings is 1. The molecule has 0 amide bonds. The Bertz CT molecular complexity index is 174. The van der Waals surface area contributed by atoms with Gasteiger partial charge < -0.3 is 5.32 Å². The van der Waals surface area contributed by atoms with E-state index in [0.29, 0.717) is 0 Å². The van der Waals surface area contributed by atoms with Crippen LogP contribution in [0.2, 0.25) is 0 Å². The fourth-order valence-corrected chi connectivity index (χ4v) is 3.90.